The summed E-state index contributed by atoms with van der Waals surface area (Å²) in [4.78, 5) is 6.66. The lowest BCUT2D eigenvalue weighted by atomic mass is 10.0. The zero-order valence-corrected chi connectivity index (χ0v) is 10.2. The van der Waals surface area contributed by atoms with Crippen LogP contribution >= 0.6 is 0 Å². The molecule has 1 N–H and O–H groups in total. The molecule has 0 fully saturated rings. The Hall–Kier alpha value is -0.870. The summed E-state index contributed by atoms with van der Waals surface area (Å²) in [6, 6.07) is 0.253. The third-order valence-electron chi connectivity index (χ3n) is 3.28. The van der Waals surface area contributed by atoms with Crippen LogP contribution in [0.15, 0.2) is 6.20 Å². The number of fused-ring (bicyclic) bond motifs is 1. The highest BCUT2D eigenvalue weighted by molar-refractivity contribution is 5.10. The molecule has 1 aromatic rings. The number of likely N-dealkylation sites (N-methyl/N-ethyl adjacent to an activating group) is 1. The van der Waals surface area contributed by atoms with Gasteiger partial charge in [-0.3, -0.25) is 0 Å². The number of aliphatic hydroxyl groups is 1. The van der Waals surface area contributed by atoms with Gasteiger partial charge in [0.05, 0.1) is 12.6 Å². The third kappa shape index (κ3) is 2.28. The van der Waals surface area contributed by atoms with E-state index in [2.05, 4.69) is 28.5 Å². The molecule has 0 aromatic carbocycles. The maximum Gasteiger partial charge on any atom is 0.110 e. The maximum atomic E-state index is 9.40. The molecule has 2 rings (SSSR count). The Morgan fingerprint density at radius 1 is 1.56 bits per heavy atom. The van der Waals surface area contributed by atoms with E-state index >= 15 is 0 Å². The summed E-state index contributed by atoms with van der Waals surface area (Å²) in [6.45, 7) is 1.24. The van der Waals surface area contributed by atoms with Gasteiger partial charge in [0.2, 0.25) is 0 Å². The van der Waals surface area contributed by atoms with Gasteiger partial charge < -0.3 is 14.6 Å². The summed E-state index contributed by atoms with van der Waals surface area (Å²) in [6.07, 6.45) is 6.29. The molecule has 0 bridgehead atoms. The van der Waals surface area contributed by atoms with Gasteiger partial charge in [-0.25, -0.2) is 4.98 Å². The van der Waals surface area contributed by atoms with Gasteiger partial charge in [-0.15, -0.1) is 0 Å². The molecule has 0 saturated carbocycles. The average Bonchev–Trinajstić information content (AvgIpc) is 2.69. The van der Waals surface area contributed by atoms with Gasteiger partial charge in [0.25, 0.3) is 0 Å². The van der Waals surface area contributed by atoms with Crippen LogP contribution in [0.5, 0.6) is 0 Å². The normalized spacial score (nSPS) is 20.1. The molecule has 1 aromatic heterocycles. The standard InChI is InChI=1S/C12H21N3O/c1-14(2)7-6-12-13-8-10-4-3-5-11(9-16)15(10)12/h8,11,16H,3-7,9H2,1-2H3. The number of rotatable bonds is 4. The highest BCUT2D eigenvalue weighted by Crippen LogP contribution is 2.26. The summed E-state index contributed by atoms with van der Waals surface area (Å²) in [5.41, 5.74) is 1.29. The minimum Gasteiger partial charge on any atom is -0.394 e. The minimum atomic E-state index is 0.234. The minimum absolute atomic E-state index is 0.234. The van der Waals surface area contributed by atoms with Crippen molar-refractivity contribution in [3.05, 3.63) is 17.7 Å². The van der Waals surface area contributed by atoms with E-state index in [1.165, 1.54) is 12.1 Å². The Balaban J connectivity index is 2.17. The average molecular weight is 223 g/mol. The molecule has 1 unspecified atom stereocenters. The van der Waals surface area contributed by atoms with Crippen LogP contribution in [-0.4, -0.2) is 46.8 Å². The molecular formula is C12H21N3O. The predicted octanol–water partition coefficient (Wildman–Crippen LogP) is 0.857. The van der Waals surface area contributed by atoms with Crippen molar-refractivity contribution in [3.8, 4) is 0 Å². The number of nitrogens with zero attached hydrogens (tertiary/aromatic N) is 3. The quantitative estimate of drug-likeness (QED) is 0.823. The Kier molecular flexibility index (Phi) is 3.61. The van der Waals surface area contributed by atoms with Crippen molar-refractivity contribution in [3.63, 3.8) is 0 Å². The molecule has 0 saturated heterocycles. The van der Waals surface area contributed by atoms with E-state index in [1.54, 1.807) is 0 Å². The largest absolute Gasteiger partial charge is 0.394 e. The first-order valence-corrected chi connectivity index (χ1v) is 6.03. The fourth-order valence-electron chi connectivity index (χ4n) is 2.40. The molecule has 1 aliphatic heterocycles. The van der Waals surface area contributed by atoms with Crippen molar-refractivity contribution in [2.75, 3.05) is 27.2 Å². The summed E-state index contributed by atoms with van der Waals surface area (Å²) < 4.78 is 2.26. The molecule has 0 radical (unpaired) electrons. The van der Waals surface area contributed by atoms with Crippen LogP contribution in [0, 0.1) is 0 Å². The van der Waals surface area contributed by atoms with E-state index in [1.807, 2.05) is 6.20 Å². The Labute approximate surface area is 96.9 Å². The van der Waals surface area contributed by atoms with E-state index in [0.29, 0.717) is 0 Å². The summed E-state index contributed by atoms with van der Waals surface area (Å²) in [5, 5.41) is 9.40. The van der Waals surface area contributed by atoms with Crippen molar-refractivity contribution in [1.82, 2.24) is 14.5 Å². The summed E-state index contributed by atoms with van der Waals surface area (Å²) >= 11 is 0. The SMILES string of the molecule is CN(C)CCc1ncc2n1C(CO)CCC2. The lowest BCUT2D eigenvalue weighted by Crippen LogP contribution is -2.24. The third-order valence-corrected chi connectivity index (χ3v) is 3.28. The van der Waals surface area contributed by atoms with Crippen molar-refractivity contribution in [1.29, 1.82) is 0 Å². The van der Waals surface area contributed by atoms with Crippen LogP contribution < -0.4 is 0 Å². The maximum absolute atomic E-state index is 9.40. The van der Waals surface area contributed by atoms with Gasteiger partial charge in [0.1, 0.15) is 5.82 Å². The van der Waals surface area contributed by atoms with Crippen LogP contribution in [-0.2, 0) is 12.8 Å². The van der Waals surface area contributed by atoms with Crippen molar-refractivity contribution in [2.24, 2.45) is 0 Å². The molecule has 0 amide bonds. The molecular weight excluding hydrogens is 202 g/mol. The summed E-state index contributed by atoms with van der Waals surface area (Å²) in [7, 11) is 4.15. The molecule has 4 heteroatoms. The van der Waals surface area contributed by atoms with Gasteiger partial charge in [0, 0.05) is 24.9 Å². The van der Waals surface area contributed by atoms with E-state index in [0.717, 1.165) is 31.6 Å². The Morgan fingerprint density at radius 2 is 2.38 bits per heavy atom. The Morgan fingerprint density at radius 3 is 3.06 bits per heavy atom. The van der Waals surface area contributed by atoms with E-state index in [4.69, 9.17) is 0 Å². The van der Waals surface area contributed by atoms with E-state index < -0.39 is 0 Å². The molecule has 0 spiro atoms. The van der Waals surface area contributed by atoms with Crippen molar-refractivity contribution < 1.29 is 5.11 Å². The second-order valence-corrected chi connectivity index (χ2v) is 4.82. The van der Waals surface area contributed by atoms with Gasteiger partial charge in [0.15, 0.2) is 0 Å². The Bertz CT molecular complexity index is 346. The molecule has 90 valence electrons. The van der Waals surface area contributed by atoms with Gasteiger partial charge >= 0.3 is 0 Å². The van der Waals surface area contributed by atoms with Crippen LogP contribution in [0.4, 0.5) is 0 Å². The number of aryl methyl sites for hydroxylation is 1. The smallest absolute Gasteiger partial charge is 0.110 e. The number of aromatic nitrogens is 2. The second kappa shape index (κ2) is 4.97. The first-order valence-electron chi connectivity index (χ1n) is 6.03. The number of aliphatic hydroxyl groups excluding tert-OH is 1. The molecule has 1 atom stereocenters. The van der Waals surface area contributed by atoms with E-state index in [-0.39, 0.29) is 12.6 Å². The van der Waals surface area contributed by atoms with Gasteiger partial charge in [-0.05, 0) is 33.4 Å². The van der Waals surface area contributed by atoms with Crippen LogP contribution in [0.25, 0.3) is 0 Å². The van der Waals surface area contributed by atoms with Gasteiger partial charge in [-0.2, -0.15) is 0 Å². The predicted molar refractivity (Wildman–Crippen MR) is 63.5 cm³/mol. The van der Waals surface area contributed by atoms with Crippen molar-refractivity contribution in [2.45, 2.75) is 31.7 Å². The van der Waals surface area contributed by atoms with Gasteiger partial charge in [-0.1, -0.05) is 0 Å². The highest BCUT2D eigenvalue weighted by atomic mass is 16.3. The fraction of sp³-hybridized carbons (Fsp3) is 0.750. The number of hydrogen-bond donors (Lipinski definition) is 1. The molecule has 0 aliphatic carbocycles. The highest BCUT2D eigenvalue weighted by Gasteiger charge is 2.22. The lowest BCUT2D eigenvalue weighted by Gasteiger charge is -2.26. The zero-order chi connectivity index (χ0) is 11.5. The van der Waals surface area contributed by atoms with Crippen LogP contribution in [0.1, 0.15) is 30.4 Å². The first kappa shape index (κ1) is 11.6. The number of hydrogen-bond acceptors (Lipinski definition) is 3. The van der Waals surface area contributed by atoms with Crippen LogP contribution in [0.3, 0.4) is 0 Å². The lowest BCUT2D eigenvalue weighted by molar-refractivity contribution is 0.203. The topological polar surface area (TPSA) is 41.3 Å². The molecule has 1 aliphatic rings. The molecule has 2 heterocycles. The van der Waals surface area contributed by atoms with E-state index in [9.17, 15) is 5.11 Å². The second-order valence-electron chi connectivity index (χ2n) is 4.82. The zero-order valence-electron chi connectivity index (χ0n) is 10.2. The molecule has 4 nitrogen and oxygen atoms in total. The first-order chi connectivity index (χ1) is 7.72. The van der Waals surface area contributed by atoms with Crippen molar-refractivity contribution >= 4 is 0 Å². The fourth-order valence-corrected chi connectivity index (χ4v) is 2.40. The monoisotopic (exact) mass is 223 g/mol. The summed E-state index contributed by atoms with van der Waals surface area (Å²) in [5.74, 6) is 1.13. The number of imidazole rings is 1. The molecule has 16 heavy (non-hydrogen) atoms. The van der Waals surface area contributed by atoms with Crippen LogP contribution in [0.2, 0.25) is 0 Å².